The van der Waals surface area contributed by atoms with Gasteiger partial charge in [-0.05, 0) is 25.0 Å². The second-order valence-corrected chi connectivity index (χ2v) is 6.25. The summed E-state index contributed by atoms with van der Waals surface area (Å²) in [6, 6.07) is 9.15. The van der Waals surface area contributed by atoms with Crippen molar-refractivity contribution in [3.05, 3.63) is 56.7 Å². The summed E-state index contributed by atoms with van der Waals surface area (Å²) in [5, 5.41) is 14.5. The smallest absolute Gasteiger partial charge is 0.331 e. The third-order valence-corrected chi connectivity index (χ3v) is 4.50. The first kappa shape index (κ1) is 17.0. The predicted molar refractivity (Wildman–Crippen MR) is 97.4 cm³/mol. The number of rotatable bonds is 4. The zero-order chi connectivity index (χ0) is 17.6. The standard InChI is InChI=1S/C18H22N4O3/c23-16-15(12-19-21-13-8-4-3-5-9-13)17(24)22(18(25)20-16)14-10-6-1-2-7-11-14/h3-5,8-9,12,14,21,24H,1-2,6-7,10-11H2,(H,20,23,25). The quantitative estimate of drug-likeness (QED) is 0.452. The van der Waals surface area contributed by atoms with E-state index in [1.54, 1.807) is 0 Å². The second kappa shape index (κ2) is 7.83. The maximum Gasteiger partial charge on any atom is 0.331 e. The van der Waals surface area contributed by atoms with Crippen molar-refractivity contribution < 1.29 is 5.11 Å². The van der Waals surface area contributed by atoms with Crippen LogP contribution >= 0.6 is 0 Å². The molecule has 7 nitrogen and oxygen atoms in total. The fourth-order valence-corrected chi connectivity index (χ4v) is 3.21. The van der Waals surface area contributed by atoms with Crippen molar-refractivity contribution in [2.24, 2.45) is 5.10 Å². The molecule has 0 atom stereocenters. The van der Waals surface area contributed by atoms with Crippen molar-refractivity contribution in [2.45, 2.75) is 44.6 Å². The summed E-state index contributed by atoms with van der Waals surface area (Å²) >= 11 is 0. The van der Waals surface area contributed by atoms with E-state index < -0.39 is 11.2 Å². The summed E-state index contributed by atoms with van der Waals surface area (Å²) in [6.45, 7) is 0. The minimum absolute atomic E-state index is 0.0210. The van der Waals surface area contributed by atoms with Gasteiger partial charge < -0.3 is 5.11 Å². The van der Waals surface area contributed by atoms with Gasteiger partial charge in [0.15, 0.2) is 0 Å². The molecule has 1 heterocycles. The molecule has 1 saturated carbocycles. The Kier molecular flexibility index (Phi) is 5.33. The molecule has 0 aliphatic heterocycles. The number of para-hydroxylation sites is 1. The highest BCUT2D eigenvalue weighted by molar-refractivity contribution is 5.82. The van der Waals surface area contributed by atoms with Gasteiger partial charge in [0, 0.05) is 6.04 Å². The van der Waals surface area contributed by atoms with E-state index >= 15 is 0 Å². The highest BCUT2D eigenvalue weighted by Gasteiger charge is 2.21. The van der Waals surface area contributed by atoms with Crippen molar-refractivity contribution in [1.29, 1.82) is 0 Å². The van der Waals surface area contributed by atoms with E-state index in [0.29, 0.717) is 0 Å². The minimum Gasteiger partial charge on any atom is -0.494 e. The molecule has 0 radical (unpaired) electrons. The Morgan fingerprint density at radius 1 is 1.12 bits per heavy atom. The number of hydrogen-bond donors (Lipinski definition) is 3. The lowest BCUT2D eigenvalue weighted by Crippen LogP contribution is -2.34. The van der Waals surface area contributed by atoms with Crippen LogP contribution in [0.4, 0.5) is 5.69 Å². The number of benzene rings is 1. The summed E-state index contributed by atoms with van der Waals surface area (Å²) in [5.74, 6) is -0.320. The highest BCUT2D eigenvalue weighted by Crippen LogP contribution is 2.28. The molecule has 1 aromatic carbocycles. The van der Waals surface area contributed by atoms with E-state index in [1.165, 1.54) is 10.8 Å². The van der Waals surface area contributed by atoms with Crippen LogP contribution in [0.3, 0.4) is 0 Å². The number of nitrogens with one attached hydrogen (secondary N) is 2. The number of hydrogen-bond acceptors (Lipinski definition) is 5. The van der Waals surface area contributed by atoms with Crippen LogP contribution in [0.1, 0.15) is 50.1 Å². The fraction of sp³-hybridized carbons (Fsp3) is 0.389. The van der Waals surface area contributed by atoms with Crippen LogP contribution in [0.15, 0.2) is 45.0 Å². The molecule has 0 unspecified atom stereocenters. The molecule has 1 aliphatic carbocycles. The Bertz CT molecular complexity index is 847. The van der Waals surface area contributed by atoms with Gasteiger partial charge in [-0.25, -0.2) is 4.79 Å². The van der Waals surface area contributed by atoms with Crippen LogP contribution in [0, 0.1) is 0 Å². The molecule has 1 aliphatic rings. The molecule has 1 fully saturated rings. The van der Waals surface area contributed by atoms with Gasteiger partial charge in [-0.1, -0.05) is 43.9 Å². The van der Waals surface area contributed by atoms with E-state index in [4.69, 9.17) is 0 Å². The molecule has 0 spiro atoms. The third kappa shape index (κ3) is 3.99. The molecule has 3 rings (SSSR count). The van der Waals surface area contributed by atoms with Crippen molar-refractivity contribution in [3.63, 3.8) is 0 Å². The Morgan fingerprint density at radius 2 is 1.80 bits per heavy atom. The van der Waals surface area contributed by atoms with Crippen molar-refractivity contribution in [3.8, 4) is 5.88 Å². The number of nitrogens with zero attached hydrogens (tertiary/aromatic N) is 2. The normalized spacial score (nSPS) is 16.0. The molecule has 132 valence electrons. The molecular weight excluding hydrogens is 320 g/mol. The van der Waals surface area contributed by atoms with Gasteiger partial charge >= 0.3 is 5.69 Å². The summed E-state index contributed by atoms with van der Waals surface area (Å²) in [5.41, 5.74) is 2.31. The van der Waals surface area contributed by atoms with E-state index in [1.807, 2.05) is 30.3 Å². The van der Waals surface area contributed by atoms with Crippen molar-refractivity contribution >= 4 is 11.9 Å². The van der Waals surface area contributed by atoms with Gasteiger partial charge in [0.2, 0.25) is 5.88 Å². The van der Waals surface area contributed by atoms with E-state index in [9.17, 15) is 14.7 Å². The SMILES string of the molecule is O=c1[nH]c(=O)n(C2CCCCCC2)c(O)c1C=NNc1ccccc1. The van der Waals surface area contributed by atoms with Crippen LogP contribution in [0.2, 0.25) is 0 Å². The van der Waals surface area contributed by atoms with Gasteiger partial charge in [0.05, 0.1) is 11.9 Å². The maximum absolute atomic E-state index is 12.2. The lowest BCUT2D eigenvalue weighted by Gasteiger charge is -2.19. The van der Waals surface area contributed by atoms with Crippen LogP contribution in [-0.4, -0.2) is 20.9 Å². The Balaban J connectivity index is 1.90. The number of aromatic amines is 1. The molecule has 7 heteroatoms. The number of H-pyrrole nitrogens is 1. The van der Waals surface area contributed by atoms with Crippen LogP contribution in [-0.2, 0) is 0 Å². The number of anilines is 1. The maximum atomic E-state index is 12.2. The molecule has 0 amide bonds. The second-order valence-electron chi connectivity index (χ2n) is 6.25. The lowest BCUT2D eigenvalue weighted by atomic mass is 10.1. The first-order chi connectivity index (χ1) is 12.2. The Labute approximate surface area is 145 Å². The van der Waals surface area contributed by atoms with Crippen LogP contribution in [0.5, 0.6) is 5.88 Å². The van der Waals surface area contributed by atoms with Gasteiger partial charge in [-0.2, -0.15) is 5.10 Å². The average molecular weight is 342 g/mol. The number of aromatic hydroxyl groups is 1. The van der Waals surface area contributed by atoms with Gasteiger partial charge in [-0.15, -0.1) is 0 Å². The summed E-state index contributed by atoms with van der Waals surface area (Å²) in [6.07, 6.45) is 7.16. The monoisotopic (exact) mass is 342 g/mol. The summed E-state index contributed by atoms with van der Waals surface area (Å²) in [4.78, 5) is 26.6. The molecule has 25 heavy (non-hydrogen) atoms. The molecule has 0 saturated heterocycles. The molecule has 1 aromatic heterocycles. The van der Waals surface area contributed by atoms with Crippen molar-refractivity contribution in [2.75, 3.05) is 5.43 Å². The summed E-state index contributed by atoms with van der Waals surface area (Å²) < 4.78 is 1.30. The minimum atomic E-state index is -0.647. The predicted octanol–water partition coefficient (Wildman–Crippen LogP) is 2.58. The first-order valence-electron chi connectivity index (χ1n) is 8.58. The van der Waals surface area contributed by atoms with Crippen LogP contribution < -0.4 is 16.7 Å². The van der Waals surface area contributed by atoms with Gasteiger partial charge in [0.1, 0.15) is 5.56 Å². The van der Waals surface area contributed by atoms with Gasteiger partial charge in [-0.3, -0.25) is 19.8 Å². The largest absolute Gasteiger partial charge is 0.494 e. The zero-order valence-electron chi connectivity index (χ0n) is 13.9. The average Bonchev–Trinajstić information content (AvgIpc) is 2.88. The topological polar surface area (TPSA) is 99.5 Å². The van der Waals surface area contributed by atoms with E-state index in [-0.39, 0.29) is 17.5 Å². The Hall–Kier alpha value is -2.83. The highest BCUT2D eigenvalue weighted by atomic mass is 16.3. The molecule has 2 aromatic rings. The molecule has 3 N–H and O–H groups in total. The summed E-state index contributed by atoms with van der Waals surface area (Å²) in [7, 11) is 0. The fourth-order valence-electron chi connectivity index (χ4n) is 3.21. The lowest BCUT2D eigenvalue weighted by molar-refractivity contribution is 0.339. The van der Waals surface area contributed by atoms with Crippen molar-refractivity contribution in [1.82, 2.24) is 9.55 Å². The molecular formula is C18H22N4O3. The molecule has 0 bridgehead atoms. The zero-order valence-corrected chi connectivity index (χ0v) is 13.9. The third-order valence-electron chi connectivity index (χ3n) is 4.50. The first-order valence-corrected chi connectivity index (χ1v) is 8.58. The van der Waals surface area contributed by atoms with E-state index in [0.717, 1.165) is 44.2 Å². The van der Waals surface area contributed by atoms with E-state index in [2.05, 4.69) is 15.5 Å². The van der Waals surface area contributed by atoms with Gasteiger partial charge in [0.25, 0.3) is 5.56 Å². The Morgan fingerprint density at radius 3 is 2.48 bits per heavy atom. The van der Waals surface area contributed by atoms with Crippen LogP contribution in [0.25, 0.3) is 0 Å². The number of hydrazone groups is 1. The number of aromatic nitrogens is 2.